The van der Waals surface area contributed by atoms with Crippen molar-refractivity contribution in [2.45, 2.75) is 18.2 Å². The lowest BCUT2D eigenvalue weighted by molar-refractivity contribution is 0.0508. The van der Waals surface area contributed by atoms with Gasteiger partial charge in [0.1, 0.15) is 6.04 Å². The molecule has 0 aliphatic heterocycles. The summed E-state index contributed by atoms with van der Waals surface area (Å²) in [6.07, 6.45) is 0. The molecule has 1 amide bonds. The smallest absolute Gasteiger partial charge is 0.342 e. The first kappa shape index (κ1) is 14.8. The Morgan fingerprint density at radius 2 is 1.83 bits per heavy atom. The SMILES string of the molecule is C[C@H](NC(=O)c1ccccc1)C(F)(F)S(=O)(=O)Cl. The lowest BCUT2D eigenvalue weighted by Crippen LogP contribution is -2.48. The summed E-state index contributed by atoms with van der Waals surface area (Å²) in [7, 11) is -0.485. The van der Waals surface area contributed by atoms with Crippen LogP contribution in [0.5, 0.6) is 0 Å². The second kappa shape index (κ2) is 5.19. The maximum absolute atomic E-state index is 13.3. The molecule has 0 spiro atoms. The molecule has 0 fully saturated rings. The van der Waals surface area contributed by atoms with Gasteiger partial charge in [0.25, 0.3) is 15.0 Å². The standard InChI is InChI=1S/C10H10ClF2NO3S/c1-7(10(12,13)18(11,16)17)14-9(15)8-5-3-2-4-6-8/h2-7H,1H3,(H,14,15)/t7-/m0/s1. The van der Waals surface area contributed by atoms with Crippen molar-refractivity contribution in [1.82, 2.24) is 5.32 Å². The third kappa shape index (κ3) is 3.17. The molecule has 1 aromatic rings. The molecule has 0 radical (unpaired) electrons. The molecule has 0 aliphatic rings. The number of nitrogens with one attached hydrogen (secondary N) is 1. The zero-order valence-electron chi connectivity index (χ0n) is 9.23. The van der Waals surface area contributed by atoms with Crippen LogP contribution >= 0.6 is 10.7 Å². The zero-order valence-corrected chi connectivity index (χ0v) is 10.8. The van der Waals surface area contributed by atoms with Gasteiger partial charge in [-0.1, -0.05) is 18.2 Å². The van der Waals surface area contributed by atoms with Gasteiger partial charge in [0.2, 0.25) is 0 Å². The number of alkyl halides is 2. The Morgan fingerprint density at radius 1 is 1.33 bits per heavy atom. The van der Waals surface area contributed by atoms with Gasteiger partial charge in [0, 0.05) is 16.2 Å². The first-order valence-electron chi connectivity index (χ1n) is 4.84. The maximum Gasteiger partial charge on any atom is 0.378 e. The molecule has 1 atom stereocenters. The average molecular weight is 298 g/mol. The maximum atomic E-state index is 13.3. The highest BCUT2D eigenvalue weighted by Gasteiger charge is 2.50. The van der Waals surface area contributed by atoms with Gasteiger partial charge in [-0.05, 0) is 19.1 Å². The van der Waals surface area contributed by atoms with Crippen molar-refractivity contribution in [3.63, 3.8) is 0 Å². The van der Waals surface area contributed by atoms with Crippen LogP contribution in [-0.4, -0.2) is 25.6 Å². The number of hydrogen-bond donors (Lipinski definition) is 1. The summed E-state index contributed by atoms with van der Waals surface area (Å²) in [6, 6.07) is 5.64. The van der Waals surface area contributed by atoms with E-state index in [4.69, 9.17) is 0 Å². The average Bonchev–Trinajstić information content (AvgIpc) is 2.28. The molecule has 100 valence electrons. The van der Waals surface area contributed by atoms with Gasteiger partial charge in [-0.25, -0.2) is 8.42 Å². The van der Waals surface area contributed by atoms with Crippen molar-refractivity contribution >= 4 is 25.6 Å². The molecular formula is C10H10ClF2NO3S. The van der Waals surface area contributed by atoms with Crippen molar-refractivity contribution in [2.75, 3.05) is 0 Å². The number of hydrogen-bond acceptors (Lipinski definition) is 3. The minimum Gasteiger partial charge on any atom is -0.342 e. The Bertz CT molecular complexity index is 533. The normalized spacial score (nSPS) is 14.0. The predicted molar refractivity (Wildman–Crippen MR) is 63.1 cm³/mol. The Balaban J connectivity index is 2.84. The Kier molecular flexibility index (Phi) is 4.28. The molecule has 0 aliphatic carbocycles. The highest BCUT2D eigenvalue weighted by molar-refractivity contribution is 8.14. The highest BCUT2D eigenvalue weighted by Crippen LogP contribution is 2.29. The van der Waals surface area contributed by atoms with Crippen LogP contribution in [0.3, 0.4) is 0 Å². The summed E-state index contributed by atoms with van der Waals surface area (Å²) in [6.45, 7) is 0.862. The first-order chi connectivity index (χ1) is 8.16. The fourth-order valence-electron chi connectivity index (χ4n) is 1.16. The summed E-state index contributed by atoms with van der Waals surface area (Å²) in [4.78, 5) is 11.5. The van der Waals surface area contributed by atoms with E-state index in [1.165, 1.54) is 12.1 Å². The summed E-state index contributed by atoms with van der Waals surface area (Å²) < 4.78 is 47.9. The van der Waals surface area contributed by atoms with E-state index in [-0.39, 0.29) is 5.56 Å². The Hall–Kier alpha value is -1.21. The van der Waals surface area contributed by atoms with E-state index in [1.807, 2.05) is 5.32 Å². The molecule has 1 aromatic carbocycles. The quantitative estimate of drug-likeness (QED) is 0.864. The number of amides is 1. The van der Waals surface area contributed by atoms with Crippen molar-refractivity contribution < 1.29 is 22.0 Å². The van der Waals surface area contributed by atoms with Crippen LogP contribution in [0, 0.1) is 0 Å². The number of carbonyl (C=O) groups is 1. The van der Waals surface area contributed by atoms with E-state index in [9.17, 15) is 22.0 Å². The van der Waals surface area contributed by atoms with Crippen molar-refractivity contribution in [3.8, 4) is 0 Å². The van der Waals surface area contributed by atoms with Gasteiger partial charge in [0.15, 0.2) is 0 Å². The van der Waals surface area contributed by atoms with Crippen molar-refractivity contribution in [3.05, 3.63) is 35.9 Å². The molecule has 8 heteroatoms. The van der Waals surface area contributed by atoms with Gasteiger partial charge in [-0.15, -0.1) is 0 Å². The van der Waals surface area contributed by atoms with Crippen LogP contribution in [0.4, 0.5) is 8.78 Å². The highest BCUT2D eigenvalue weighted by atomic mass is 35.7. The third-order valence-corrected chi connectivity index (χ3v) is 3.83. The summed E-state index contributed by atoms with van der Waals surface area (Å²) in [5.41, 5.74) is 0.145. The molecule has 0 saturated carbocycles. The molecule has 0 bridgehead atoms. The number of rotatable bonds is 4. The topological polar surface area (TPSA) is 63.2 Å². The lowest BCUT2D eigenvalue weighted by Gasteiger charge is -2.21. The molecule has 1 N–H and O–H groups in total. The molecule has 18 heavy (non-hydrogen) atoms. The van der Waals surface area contributed by atoms with E-state index in [0.717, 1.165) is 6.92 Å². The minimum atomic E-state index is -5.11. The molecule has 0 unspecified atom stereocenters. The van der Waals surface area contributed by atoms with E-state index in [1.54, 1.807) is 18.2 Å². The molecule has 1 rings (SSSR count). The van der Waals surface area contributed by atoms with E-state index >= 15 is 0 Å². The second-order valence-electron chi connectivity index (χ2n) is 3.56. The third-order valence-electron chi connectivity index (χ3n) is 2.21. The van der Waals surface area contributed by atoms with Crippen LogP contribution in [0.1, 0.15) is 17.3 Å². The number of carbonyl (C=O) groups excluding carboxylic acids is 1. The van der Waals surface area contributed by atoms with Gasteiger partial charge in [-0.3, -0.25) is 4.79 Å². The fourth-order valence-corrected chi connectivity index (χ4v) is 2.05. The van der Waals surface area contributed by atoms with Gasteiger partial charge >= 0.3 is 5.25 Å². The van der Waals surface area contributed by atoms with Gasteiger partial charge < -0.3 is 5.32 Å². The van der Waals surface area contributed by atoms with Crippen molar-refractivity contribution in [1.29, 1.82) is 0 Å². The molecule has 0 aromatic heterocycles. The number of benzene rings is 1. The molecular weight excluding hydrogens is 288 g/mol. The predicted octanol–water partition coefficient (Wildman–Crippen LogP) is 1.97. The van der Waals surface area contributed by atoms with E-state index in [2.05, 4.69) is 10.7 Å². The summed E-state index contributed by atoms with van der Waals surface area (Å²) in [5, 5.41) is -2.35. The summed E-state index contributed by atoms with van der Waals surface area (Å²) in [5.74, 6) is -0.803. The van der Waals surface area contributed by atoms with Gasteiger partial charge in [0.05, 0.1) is 0 Å². The Morgan fingerprint density at radius 3 is 2.28 bits per heavy atom. The largest absolute Gasteiger partial charge is 0.378 e. The van der Waals surface area contributed by atoms with Crippen LogP contribution in [0.2, 0.25) is 0 Å². The minimum absolute atomic E-state index is 0.145. The van der Waals surface area contributed by atoms with Gasteiger partial charge in [-0.2, -0.15) is 8.78 Å². The Labute approximate surface area is 107 Å². The van der Waals surface area contributed by atoms with Crippen LogP contribution in [0.15, 0.2) is 30.3 Å². The van der Waals surface area contributed by atoms with Crippen molar-refractivity contribution in [2.24, 2.45) is 0 Å². The van der Waals surface area contributed by atoms with Crippen LogP contribution in [-0.2, 0) is 9.05 Å². The molecule has 4 nitrogen and oxygen atoms in total. The number of halogens is 3. The van der Waals surface area contributed by atoms with Crippen LogP contribution < -0.4 is 5.32 Å². The van der Waals surface area contributed by atoms with Crippen LogP contribution in [0.25, 0.3) is 0 Å². The fraction of sp³-hybridized carbons (Fsp3) is 0.300. The second-order valence-corrected chi connectivity index (χ2v) is 6.20. The van der Waals surface area contributed by atoms with E-state index < -0.39 is 26.3 Å². The molecule has 0 saturated heterocycles. The monoisotopic (exact) mass is 297 g/mol. The summed E-state index contributed by atoms with van der Waals surface area (Å²) >= 11 is 0. The lowest BCUT2D eigenvalue weighted by atomic mass is 10.2. The zero-order chi connectivity index (χ0) is 14.0. The first-order valence-corrected chi connectivity index (χ1v) is 7.15. The van der Waals surface area contributed by atoms with E-state index in [0.29, 0.717) is 0 Å². The molecule has 0 heterocycles.